The summed E-state index contributed by atoms with van der Waals surface area (Å²) in [6.45, 7) is 9.33. The van der Waals surface area contributed by atoms with Gasteiger partial charge in [0.25, 0.3) is 0 Å². The Kier molecular flexibility index (Phi) is 4.08. The van der Waals surface area contributed by atoms with Gasteiger partial charge in [0, 0.05) is 13.1 Å². The van der Waals surface area contributed by atoms with Crippen molar-refractivity contribution in [1.82, 2.24) is 0 Å². The summed E-state index contributed by atoms with van der Waals surface area (Å²) in [4.78, 5) is 4.94. The highest BCUT2D eigenvalue weighted by molar-refractivity contribution is 5.76. The van der Waals surface area contributed by atoms with E-state index in [9.17, 15) is 0 Å². The summed E-state index contributed by atoms with van der Waals surface area (Å²) >= 11 is 0. The van der Waals surface area contributed by atoms with Gasteiger partial charge in [-0.05, 0) is 25.0 Å². The minimum Gasteiger partial charge on any atom is -0.352 e. The standard InChI is InChI=1S/C15H22N2/c1-3-5-11-16-13-17(12-6-4-2)15-10-8-7-9-14(15)16/h3,7-10H,1,4-6,11-13H2,2H3. The zero-order valence-electron chi connectivity index (χ0n) is 10.7. The zero-order chi connectivity index (χ0) is 12.1. The van der Waals surface area contributed by atoms with Crippen molar-refractivity contribution in [2.24, 2.45) is 0 Å². The first-order valence-electron chi connectivity index (χ1n) is 6.56. The molecule has 0 N–H and O–H groups in total. The molecule has 1 aromatic carbocycles. The van der Waals surface area contributed by atoms with Crippen LogP contribution < -0.4 is 9.80 Å². The molecule has 1 aliphatic heterocycles. The second-order valence-corrected chi connectivity index (χ2v) is 4.59. The van der Waals surface area contributed by atoms with Crippen LogP contribution in [0.5, 0.6) is 0 Å². The van der Waals surface area contributed by atoms with E-state index >= 15 is 0 Å². The molecule has 1 aliphatic rings. The Morgan fingerprint density at radius 3 is 2.41 bits per heavy atom. The number of nitrogens with zero attached hydrogens (tertiary/aromatic N) is 2. The molecule has 2 rings (SSSR count). The number of unbranched alkanes of at least 4 members (excludes halogenated alkanes) is 1. The average molecular weight is 230 g/mol. The molecule has 1 aromatic rings. The van der Waals surface area contributed by atoms with Crippen molar-refractivity contribution >= 4 is 11.4 Å². The second-order valence-electron chi connectivity index (χ2n) is 4.59. The fraction of sp³-hybridized carbons (Fsp3) is 0.467. The third kappa shape index (κ3) is 2.63. The smallest absolute Gasteiger partial charge is 0.0904 e. The minimum atomic E-state index is 1.03. The van der Waals surface area contributed by atoms with E-state index < -0.39 is 0 Å². The van der Waals surface area contributed by atoms with Gasteiger partial charge in [-0.2, -0.15) is 0 Å². The van der Waals surface area contributed by atoms with Gasteiger partial charge in [0.15, 0.2) is 0 Å². The maximum Gasteiger partial charge on any atom is 0.0904 e. The van der Waals surface area contributed by atoms with E-state index in [0.717, 1.165) is 26.2 Å². The van der Waals surface area contributed by atoms with Gasteiger partial charge in [-0.25, -0.2) is 0 Å². The molecule has 17 heavy (non-hydrogen) atoms. The van der Waals surface area contributed by atoms with E-state index in [1.165, 1.54) is 24.2 Å². The van der Waals surface area contributed by atoms with Crippen molar-refractivity contribution < 1.29 is 0 Å². The number of rotatable bonds is 6. The predicted molar refractivity (Wildman–Crippen MR) is 75.7 cm³/mol. The van der Waals surface area contributed by atoms with Crippen molar-refractivity contribution in [3.63, 3.8) is 0 Å². The van der Waals surface area contributed by atoms with Crippen LogP contribution >= 0.6 is 0 Å². The Balaban J connectivity index is 2.11. The summed E-state index contributed by atoms with van der Waals surface area (Å²) in [5, 5.41) is 0. The van der Waals surface area contributed by atoms with E-state index in [2.05, 4.69) is 47.6 Å². The molecule has 0 aromatic heterocycles. The van der Waals surface area contributed by atoms with Crippen molar-refractivity contribution in [2.75, 3.05) is 29.6 Å². The van der Waals surface area contributed by atoms with Crippen molar-refractivity contribution in [3.05, 3.63) is 36.9 Å². The summed E-state index contributed by atoms with van der Waals surface area (Å²) in [5.74, 6) is 0. The van der Waals surface area contributed by atoms with Crippen LogP contribution in [0.15, 0.2) is 36.9 Å². The number of fused-ring (bicyclic) bond motifs is 1. The largest absolute Gasteiger partial charge is 0.352 e. The molecule has 0 saturated carbocycles. The van der Waals surface area contributed by atoms with Crippen LogP contribution in [-0.2, 0) is 0 Å². The van der Waals surface area contributed by atoms with Crippen LogP contribution in [-0.4, -0.2) is 19.8 Å². The lowest BCUT2D eigenvalue weighted by molar-refractivity contribution is 0.710. The minimum absolute atomic E-state index is 1.03. The molecule has 0 unspecified atom stereocenters. The molecule has 0 radical (unpaired) electrons. The molecular weight excluding hydrogens is 208 g/mol. The lowest BCUT2D eigenvalue weighted by Gasteiger charge is -2.21. The van der Waals surface area contributed by atoms with E-state index in [1.807, 2.05) is 6.08 Å². The zero-order valence-corrected chi connectivity index (χ0v) is 10.7. The van der Waals surface area contributed by atoms with E-state index in [1.54, 1.807) is 0 Å². The highest BCUT2D eigenvalue weighted by Gasteiger charge is 2.23. The van der Waals surface area contributed by atoms with Gasteiger partial charge in [-0.1, -0.05) is 31.6 Å². The van der Waals surface area contributed by atoms with Gasteiger partial charge in [0.1, 0.15) is 0 Å². The highest BCUT2D eigenvalue weighted by Crippen LogP contribution is 2.35. The van der Waals surface area contributed by atoms with Crippen LogP contribution in [0.4, 0.5) is 11.4 Å². The summed E-state index contributed by atoms with van der Waals surface area (Å²) in [7, 11) is 0. The Morgan fingerprint density at radius 2 is 1.82 bits per heavy atom. The normalized spacial score (nSPS) is 13.9. The summed E-state index contributed by atoms with van der Waals surface area (Å²) in [6, 6.07) is 8.72. The third-order valence-corrected chi connectivity index (χ3v) is 3.29. The fourth-order valence-electron chi connectivity index (χ4n) is 2.34. The quantitative estimate of drug-likeness (QED) is 0.688. The van der Waals surface area contributed by atoms with Crippen molar-refractivity contribution in [3.8, 4) is 0 Å². The Hall–Kier alpha value is -1.44. The molecule has 0 atom stereocenters. The van der Waals surface area contributed by atoms with E-state index in [0.29, 0.717) is 0 Å². The summed E-state index contributed by atoms with van der Waals surface area (Å²) < 4.78 is 0. The maximum absolute atomic E-state index is 3.81. The van der Waals surface area contributed by atoms with Gasteiger partial charge in [-0.3, -0.25) is 0 Å². The first-order valence-corrected chi connectivity index (χ1v) is 6.56. The van der Waals surface area contributed by atoms with Crippen LogP contribution in [0.1, 0.15) is 26.2 Å². The van der Waals surface area contributed by atoms with Crippen LogP contribution in [0.25, 0.3) is 0 Å². The number of hydrogen-bond acceptors (Lipinski definition) is 2. The van der Waals surface area contributed by atoms with Crippen molar-refractivity contribution in [2.45, 2.75) is 26.2 Å². The molecule has 0 spiro atoms. The highest BCUT2D eigenvalue weighted by atomic mass is 15.4. The Labute approximate surface area is 105 Å². The van der Waals surface area contributed by atoms with Gasteiger partial charge in [0.2, 0.25) is 0 Å². The maximum atomic E-state index is 3.81. The van der Waals surface area contributed by atoms with Crippen molar-refractivity contribution in [1.29, 1.82) is 0 Å². The lowest BCUT2D eigenvalue weighted by Crippen LogP contribution is -2.31. The molecular formula is C15H22N2. The van der Waals surface area contributed by atoms with Gasteiger partial charge < -0.3 is 9.80 Å². The van der Waals surface area contributed by atoms with Crippen LogP contribution in [0.2, 0.25) is 0 Å². The topological polar surface area (TPSA) is 6.48 Å². The van der Waals surface area contributed by atoms with Gasteiger partial charge in [-0.15, -0.1) is 6.58 Å². The van der Waals surface area contributed by atoms with Gasteiger partial charge >= 0.3 is 0 Å². The van der Waals surface area contributed by atoms with E-state index in [-0.39, 0.29) is 0 Å². The fourth-order valence-corrected chi connectivity index (χ4v) is 2.34. The van der Waals surface area contributed by atoms with E-state index in [4.69, 9.17) is 0 Å². The first kappa shape index (κ1) is 12.0. The molecule has 0 saturated heterocycles. The molecule has 0 bridgehead atoms. The first-order chi connectivity index (χ1) is 8.36. The molecule has 1 heterocycles. The second kappa shape index (κ2) is 5.76. The predicted octanol–water partition coefficient (Wildman–Crippen LogP) is 3.65. The molecule has 2 heteroatoms. The number of para-hydroxylation sites is 2. The third-order valence-electron chi connectivity index (χ3n) is 3.29. The van der Waals surface area contributed by atoms with Crippen LogP contribution in [0.3, 0.4) is 0 Å². The van der Waals surface area contributed by atoms with Crippen LogP contribution in [0, 0.1) is 0 Å². The molecule has 0 aliphatic carbocycles. The number of anilines is 2. The number of benzene rings is 1. The molecule has 0 fully saturated rings. The number of hydrogen-bond donors (Lipinski definition) is 0. The molecule has 0 amide bonds. The van der Waals surface area contributed by atoms with Gasteiger partial charge in [0.05, 0.1) is 18.0 Å². The summed E-state index contributed by atoms with van der Waals surface area (Å²) in [6.07, 6.45) is 5.57. The SMILES string of the molecule is C=CCCN1CN(CCCC)c2ccccc21. The Morgan fingerprint density at radius 1 is 1.18 bits per heavy atom. The summed E-state index contributed by atoms with van der Waals surface area (Å²) in [5.41, 5.74) is 2.77. The Bertz CT molecular complexity index is 373. The molecule has 2 nitrogen and oxygen atoms in total. The molecule has 92 valence electrons. The average Bonchev–Trinajstić information content (AvgIpc) is 2.72. The monoisotopic (exact) mass is 230 g/mol. The lowest BCUT2D eigenvalue weighted by atomic mass is 10.2.